The molecule has 0 bridgehead atoms. The van der Waals surface area contributed by atoms with Gasteiger partial charge >= 0.3 is 0 Å². The van der Waals surface area contributed by atoms with Crippen LogP contribution >= 0.6 is 11.8 Å². The van der Waals surface area contributed by atoms with Gasteiger partial charge in [0.2, 0.25) is 15.9 Å². The van der Waals surface area contributed by atoms with Crippen molar-refractivity contribution in [3.8, 4) is 11.5 Å². The number of aryl methyl sites for hydroxylation is 2. The van der Waals surface area contributed by atoms with Crippen LogP contribution in [0.4, 0.5) is 0 Å². The number of thioether (sulfide) groups is 1. The smallest absolute Gasteiger partial charge is 0.277 e. The second-order valence-electron chi connectivity index (χ2n) is 8.42. The minimum atomic E-state index is -3.50. The first-order valence-corrected chi connectivity index (χ1v) is 13.9. The van der Waals surface area contributed by atoms with Gasteiger partial charge in [0.05, 0.1) is 21.7 Å². The van der Waals surface area contributed by atoms with Gasteiger partial charge in [-0.15, -0.1) is 10.2 Å². The topological polar surface area (TPSA) is 94.1 Å². The Hall–Kier alpha value is -2.69. The lowest BCUT2D eigenvalue weighted by Crippen LogP contribution is -2.35. The largest absolute Gasteiger partial charge is 0.411 e. The maximum atomic E-state index is 13.1. The van der Waals surface area contributed by atoms with Gasteiger partial charge in [0.25, 0.3) is 5.22 Å². The molecule has 0 N–H and O–H groups in total. The van der Waals surface area contributed by atoms with Crippen molar-refractivity contribution >= 4 is 32.8 Å². The molecule has 3 heterocycles. The number of sulfonamides is 1. The average molecular weight is 498 g/mol. The van der Waals surface area contributed by atoms with E-state index in [1.807, 2.05) is 37.3 Å². The molecule has 8 nitrogen and oxygen atoms in total. The molecule has 4 aromatic rings. The Labute approximate surface area is 203 Å². The maximum absolute atomic E-state index is 13.1. The molecule has 0 amide bonds. The van der Waals surface area contributed by atoms with Crippen LogP contribution < -0.4 is 0 Å². The third-order valence-corrected chi connectivity index (χ3v) is 8.81. The minimum absolute atomic E-state index is 0.307. The van der Waals surface area contributed by atoms with Crippen LogP contribution in [0.25, 0.3) is 22.5 Å². The molecular weight excluding hydrogens is 470 g/mol. The molecule has 1 aliphatic heterocycles. The van der Waals surface area contributed by atoms with E-state index in [2.05, 4.69) is 21.7 Å². The Morgan fingerprint density at radius 1 is 1.03 bits per heavy atom. The first kappa shape index (κ1) is 23.1. The zero-order chi connectivity index (χ0) is 23.7. The van der Waals surface area contributed by atoms with Crippen molar-refractivity contribution in [3.63, 3.8) is 0 Å². The van der Waals surface area contributed by atoms with Crippen molar-refractivity contribution in [2.24, 2.45) is 0 Å². The molecule has 0 atom stereocenters. The fraction of sp³-hybridized carbons (Fsp3) is 0.375. The Kier molecular flexibility index (Phi) is 6.46. The van der Waals surface area contributed by atoms with E-state index in [1.165, 1.54) is 17.3 Å². The number of hydrogen-bond acceptors (Lipinski definition) is 7. The number of rotatable bonds is 7. The van der Waals surface area contributed by atoms with Crippen molar-refractivity contribution in [3.05, 3.63) is 53.9 Å². The summed E-state index contributed by atoms with van der Waals surface area (Å²) in [5.41, 5.74) is 3.65. The summed E-state index contributed by atoms with van der Waals surface area (Å²) < 4.78 is 35.7. The van der Waals surface area contributed by atoms with Gasteiger partial charge in [0.15, 0.2) is 0 Å². The number of piperidine rings is 1. The summed E-state index contributed by atoms with van der Waals surface area (Å²) in [5.74, 6) is 1.86. The molecule has 5 rings (SSSR count). The van der Waals surface area contributed by atoms with Gasteiger partial charge in [0.1, 0.15) is 5.82 Å². The molecule has 10 heteroatoms. The molecule has 2 aromatic heterocycles. The lowest BCUT2D eigenvalue weighted by Gasteiger charge is -2.25. The van der Waals surface area contributed by atoms with Gasteiger partial charge in [-0.25, -0.2) is 13.4 Å². The monoisotopic (exact) mass is 497 g/mol. The molecule has 0 spiro atoms. The van der Waals surface area contributed by atoms with Crippen LogP contribution in [0.3, 0.4) is 0 Å². The summed E-state index contributed by atoms with van der Waals surface area (Å²) in [5, 5.41) is 8.79. The molecule has 2 aromatic carbocycles. The Balaban J connectivity index is 1.37. The zero-order valence-electron chi connectivity index (χ0n) is 19.3. The number of benzene rings is 2. The van der Waals surface area contributed by atoms with E-state index in [0.717, 1.165) is 42.7 Å². The Morgan fingerprint density at radius 2 is 1.79 bits per heavy atom. The molecule has 1 saturated heterocycles. The number of imidazole rings is 1. The average Bonchev–Trinajstić information content (AvgIpc) is 3.47. The second-order valence-corrected chi connectivity index (χ2v) is 11.3. The van der Waals surface area contributed by atoms with E-state index < -0.39 is 10.0 Å². The fourth-order valence-electron chi connectivity index (χ4n) is 4.24. The number of hydrogen-bond donors (Lipinski definition) is 0. The zero-order valence-corrected chi connectivity index (χ0v) is 20.9. The highest BCUT2D eigenvalue weighted by Gasteiger charge is 2.26. The predicted molar refractivity (Wildman–Crippen MR) is 132 cm³/mol. The van der Waals surface area contributed by atoms with Gasteiger partial charge in [-0.05, 0) is 57.0 Å². The summed E-state index contributed by atoms with van der Waals surface area (Å²) in [7, 11) is -3.50. The molecule has 0 aliphatic carbocycles. The summed E-state index contributed by atoms with van der Waals surface area (Å²) in [4.78, 5) is 5.07. The van der Waals surface area contributed by atoms with E-state index in [-0.39, 0.29) is 0 Å². The number of nitrogens with zero attached hydrogens (tertiary/aromatic N) is 5. The molecule has 1 aliphatic rings. The molecular formula is C24H27N5O3S2. The van der Waals surface area contributed by atoms with Crippen LogP contribution in [0, 0.1) is 6.92 Å². The van der Waals surface area contributed by atoms with Crippen LogP contribution in [-0.2, 0) is 22.3 Å². The lowest BCUT2D eigenvalue weighted by atomic mass is 10.1. The van der Waals surface area contributed by atoms with Crippen molar-refractivity contribution in [1.82, 2.24) is 24.1 Å². The highest BCUT2D eigenvalue weighted by atomic mass is 32.2. The Morgan fingerprint density at radius 3 is 2.53 bits per heavy atom. The van der Waals surface area contributed by atoms with E-state index in [9.17, 15) is 8.42 Å². The molecule has 0 unspecified atom stereocenters. The molecule has 0 radical (unpaired) electrons. The summed E-state index contributed by atoms with van der Waals surface area (Å²) in [6, 6.07) is 13.2. The van der Waals surface area contributed by atoms with Crippen molar-refractivity contribution in [2.45, 2.75) is 55.5 Å². The van der Waals surface area contributed by atoms with Crippen LogP contribution in [-0.4, -0.2) is 45.6 Å². The van der Waals surface area contributed by atoms with E-state index >= 15 is 0 Å². The summed E-state index contributed by atoms with van der Waals surface area (Å²) in [6.07, 6.45) is 2.91. The Bertz CT molecular complexity index is 1400. The number of aromatic nitrogens is 4. The molecule has 178 valence electrons. The highest BCUT2D eigenvalue weighted by molar-refractivity contribution is 7.98. The second kappa shape index (κ2) is 9.52. The first-order chi connectivity index (χ1) is 16.5. The maximum Gasteiger partial charge on any atom is 0.277 e. The molecule has 1 fully saturated rings. The van der Waals surface area contributed by atoms with Crippen molar-refractivity contribution in [2.75, 3.05) is 13.1 Å². The van der Waals surface area contributed by atoms with Gasteiger partial charge in [-0.3, -0.25) is 0 Å². The van der Waals surface area contributed by atoms with Gasteiger partial charge in [-0.2, -0.15) is 4.31 Å². The SMILES string of the molecule is CCn1c(CSc2nnc(-c3ccc(C)cc3)o2)nc2cc(S(=O)(=O)N3CCCCC3)ccc21. The third-order valence-electron chi connectivity index (χ3n) is 6.10. The quantitative estimate of drug-likeness (QED) is 0.336. The van der Waals surface area contributed by atoms with E-state index in [4.69, 9.17) is 9.40 Å². The lowest BCUT2D eigenvalue weighted by molar-refractivity contribution is 0.346. The summed E-state index contributed by atoms with van der Waals surface area (Å²) >= 11 is 1.42. The van der Waals surface area contributed by atoms with Crippen LogP contribution in [0.2, 0.25) is 0 Å². The fourth-order valence-corrected chi connectivity index (χ4v) is 6.49. The van der Waals surface area contributed by atoms with E-state index in [1.54, 1.807) is 16.4 Å². The van der Waals surface area contributed by atoms with E-state index in [0.29, 0.717) is 40.4 Å². The number of fused-ring (bicyclic) bond motifs is 1. The summed E-state index contributed by atoms with van der Waals surface area (Å²) in [6.45, 7) is 5.98. The van der Waals surface area contributed by atoms with Crippen LogP contribution in [0.1, 0.15) is 37.6 Å². The van der Waals surface area contributed by atoms with Crippen molar-refractivity contribution in [1.29, 1.82) is 0 Å². The van der Waals surface area contributed by atoms with Crippen LogP contribution in [0.15, 0.2) is 57.0 Å². The first-order valence-electron chi connectivity index (χ1n) is 11.5. The highest BCUT2D eigenvalue weighted by Crippen LogP contribution is 2.29. The van der Waals surface area contributed by atoms with Gasteiger partial charge in [0, 0.05) is 25.2 Å². The predicted octanol–water partition coefficient (Wildman–Crippen LogP) is 4.88. The molecule has 34 heavy (non-hydrogen) atoms. The minimum Gasteiger partial charge on any atom is -0.411 e. The standard InChI is InChI=1S/C24H27N5O3S2/c1-3-29-21-12-11-19(34(30,31)28-13-5-4-6-14-28)15-20(21)25-22(29)16-33-24-27-26-23(32-24)18-9-7-17(2)8-10-18/h7-12,15H,3-6,13-14,16H2,1-2H3. The van der Waals surface area contributed by atoms with Gasteiger partial charge < -0.3 is 8.98 Å². The third kappa shape index (κ3) is 4.49. The van der Waals surface area contributed by atoms with Crippen molar-refractivity contribution < 1.29 is 12.8 Å². The molecule has 0 saturated carbocycles. The normalized spacial score (nSPS) is 15.2. The van der Waals surface area contributed by atoms with Gasteiger partial charge in [-0.1, -0.05) is 35.9 Å². The van der Waals surface area contributed by atoms with Crippen LogP contribution in [0.5, 0.6) is 0 Å².